The fourth-order valence-electron chi connectivity index (χ4n) is 2.15. The number of ether oxygens (including phenoxy) is 1. The van der Waals surface area contributed by atoms with E-state index in [0.717, 1.165) is 22.5 Å². The first-order valence-corrected chi connectivity index (χ1v) is 6.98. The molecule has 1 N–H and O–H groups in total. The topological polar surface area (TPSA) is 69.0 Å². The molecular formula is C16H16N4O2. The van der Waals surface area contributed by atoms with E-state index in [2.05, 4.69) is 15.3 Å². The molecule has 3 aromatic rings. The van der Waals surface area contributed by atoms with E-state index in [4.69, 9.17) is 4.74 Å². The van der Waals surface area contributed by atoms with Crippen molar-refractivity contribution in [1.82, 2.24) is 14.5 Å². The fourth-order valence-corrected chi connectivity index (χ4v) is 2.15. The number of nitrogens with zero attached hydrogens (tertiary/aromatic N) is 3. The summed E-state index contributed by atoms with van der Waals surface area (Å²) < 4.78 is 6.89. The SMILES string of the molecule is CCOC(=O)c1ccc(Nc2cc3c(cn2)ncn3C)cc1. The Bertz CT molecular complexity index is 809. The molecule has 2 aromatic heterocycles. The largest absolute Gasteiger partial charge is 0.462 e. The van der Waals surface area contributed by atoms with Crippen LogP contribution in [-0.2, 0) is 11.8 Å². The number of rotatable bonds is 4. The van der Waals surface area contributed by atoms with Gasteiger partial charge in [-0.3, -0.25) is 0 Å². The molecule has 0 fully saturated rings. The zero-order valence-electron chi connectivity index (χ0n) is 12.4. The molecule has 2 heterocycles. The van der Waals surface area contributed by atoms with Gasteiger partial charge in [0.1, 0.15) is 11.3 Å². The van der Waals surface area contributed by atoms with Gasteiger partial charge in [0.2, 0.25) is 0 Å². The van der Waals surface area contributed by atoms with Crippen LogP contribution in [0.25, 0.3) is 11.0 Å². The van der Waals surface area contributed by atoms with Gasteiger partial charge in [-0.2, -0.15) is 0 Å². The number of carbonyl (C=O) groups excluding carboxylic acids is 1. The fraction of sp³-hybridized carbons (Fsp3) is 0.188. The minimum atomic E-state index is -0.316. The van der Waals surface area contributed by atoms with Crippen molar-refractivity contribution in [2.24, 2.45) is 7.05 Å². The van der Waals surface area contributed by atoms with Crippen molar-refractivity contribution in [3.05, 3.63) is 48.4 Å². The summed E-state index contributed by atoms with van der Waals surface area (Å²) >= 11 is 0. The summed E-state index contributed by atoms with van der Waals surface area (Å²) in [4.78, 5) is 20.2. The summed E-state index contributed by atoms with van der Waals surface area (Å²) in [5.74, 6) is 0.406. The number of imidazole rings is 1. The molecule has 0 atom stereocenters. The van der Waals surface area contributed by atoms with Crippen LogP contribution in [0, 0.1) is 0 Å². The van der Waals surface area contributed by atoms with E-state index in [1.807, 2.05) is 29.8 Å². The summed E-state index contributed by atoms with van der Waals surface area (Å²) in [7, 11) is 1.94. The van der Waals surface area contributed by atoms with Crippen molar-refractivity contribution >= 4 is 28.5 Å². The second kappa shape index (κ2) is 5.85. The number of carbonyl (C=O) groups is 1. The molecule has 6 nitrogen and oxygen atoms in total. The Hall–Kier alpha value is -2.89. The predicted octanol–water partition coefficient (Wildman–Crippen LogP) is 2.89. The summed E-state index contributed by atoms with van der Waals surface area (Å²) in [5.41, 5.74) is 3.23. The molecule has 3 rings (SSSR count). The van der Waals surface area contributed by atoms with Crippen molar-refractivity contribution in [3.63, 3.8) is 0 Å². The first-order valence-electron chi connectivity index (χ1n) is 6.98. The van der Waals surface area contributed by atoms with Crippen molar-refractivity contribution < 1.29 is 9.53 Å². The minimum Gasteiger partial charge on any atom is -0.462 e. The van der Waals surface area contributed by atoms with Gasteiger partial charge in [-0.15, -0.1) is 0 Å². The molecule has 0 spiro atoms. The maximum atomic E-state index is 11.6. The molecule has 0 aliphatic heterocycles. The number of aryl methyl sites for hydroxylation is 1. The third-order valence-electron chi connectivity index (χ3n) is 3.28. The van der Waals surface area contributed by atoms with Crippen LogP contribution in [-0.4, -0.2) is 27.1 Å². The normalized spacial score (nSPS) is 10.6. The molecule has 0 radical (unpaired) electrons. The summed E-state index contributed by atoms with van der Waals surface area (Å²) in [6, 6.07) is 9.02. The van der Waals surface area contributed by atoms with E-state index in [1.165, 1.54) is 0 Å². The van der Waals surface area contributed by atoms with Crippen molar-refractivity contribution in [3.8, 4) is 0 Å². The predicted molar refractivity (Wildman–Crippen MR) is 84.2 cm³/mol. The van der Waals surface area contributed by atoms with Gasteiger partial charge in [0.05, 0.1) is 30.2 Å². The van der Waals surface area contributed by atoms with Gasteiger partial charge < -0.3 is 14.6 Å². The lowest BCUT2D eigenvalue weighted by Crippen LogP contribution is -2.04. The molecule has 1 aromatic carbocycles. The van der Waals surface area contributed by atoms with Crippen LogP contribution >= 0.6 is 0 Å². The Balaban J connectivity index is 1.79. The van der Waals surface area contributed by atoms with Crippen LogP contribution in [0.15, 0.2) is 42.9 Å². The number of aromatic nitrogens is 3. The highest BCUT2D eigenvalue weighted by atomic mass is 16.5. The van der Waals surface area contributed by atoms with Crippen molar-refractivity contribution in [2.75, 3.05) is 11.9 Å². The van der Waals surface area contributed by atoms with Crippen LogP contribution in [0.1, 0.15) is 17.3 Å². The molecule has 22 heavy (non-hydrogen) atoms. The number of benzene rings is 1. The van der Waals surface area contributed by atoms with Crippen LogP contribution < -0.4 is 5.32 Å². The van der Waals surface area contributed by atoms with Gasteiger partial charge in [-0.1, -0.05) is 0 Å². The Kier molecular flexibility index (Phi) is 3.74. The maximum absolute atomic E-state index is 11.6. The van der Waals surface area contributed by atoms with E-state index in [9.17, 15) is 4.79 Å². The van der Waals surface area contributed by atoms with E-state index in [1.54, 1.807) is 31.6 Å². The smallest absolute Gasteiger partial charge is 0.338 e. The second-order valence-electron chi connectivity index (χ2n) is 4.84. The first-order chi connectivity index (χ1) is 10.7. The molecule has 112 valence electrons. The standard InChI is InChI=1S/C16H16N4O2/c1-3-22-16(21)11-4-6-12(7-5-11)19-15-8-14-13(9-17-15)18-10-20(14)2/h4-10H,3H2,1-2H3,(H,17,19). The quantitative estimate of drug-likeness (QED) is 0.750. The number of fused-ring (bicyclic) bond motifs is 1. The van der Waals surface area contributed by atoms with Crippen molar-refractivity contribution in [2.45, 2.75) is 6.92 Å². The molecule has 0 saturated heterocycles. The van der Waals surface area contributed by atoms with E-state index in [-0.39, 0.29) is 5.97 Å². The Morgan fingerprint density at radius 2 is 2.05 bits per heavy atom. The number of esters is 1. The van der Waals surface area contributed by atoms with Gasteiger partial charge in [-0.05, 0) is 31.2 Å². The average molecular weight is 296 g/mol. The lowest BCUT2D eigenvalue weighted by atomic mass is 10.2. The van der Waals surface area contributed by atoms with Crippen LogP contribution in [0.3, 0.4) is 0 Å². The first kappa shape index (κ1) is 14.1. The number of anilines is 2. The molecule has 0 aliphatic rings. The highest BCUT2D eigenvalue weighted by Crippen LogP contribution is 2.19. The molecule has 0 aliphatic carbocycles. The van der Waals surface area contributed by atoms with Gasteiger partial charge in [0, 0.05) is 18.8 Å². The van der Waals surface area contributed by atoms with Crippen molar-refractivity contribution in [1.29, 1.82) is 0 Å². The van der Waals surface area contributed by atoms with Gasteiger partial charge >= 0.3 is 5.97 Å². The van der Waals surface area contributed by atoms with Gasteiger partial charge in [0.25, 0.3) is 0 Å². The number of pyridine rings is 1. The molecule has 0 amide bonds. The summed E-state index contributed by atoms with van der Waals surface area (Å²) in [6.45, 7) is 2.15. The third-order valence-corrected chi connectivity index (χ3v) is 3.28. The number of hydrogen-bond acceptors (Lipinski definition) is 5. The molecule has 0 saturated carbocycles. The molecular weight excluding hydrogens is 280 g/mol. The second-order valence-corrected chi connectivity index (χ2v) is 4.84. The van der Waals surface area contributed by atoms with Gasteiger partial charge in [-0.25, -0.2) is 14.8 Å². The Morgan fingerprint density at radius 1 is 1.27 bits per heavy atom. The lowest BCUT2D eigenvalue weighted by Gasteiger charge is -2.07. The zero-order valence-corrected chi connectivity index (χ0v) is 12.4. The van der Waals surface area contributed by atoms with Crippen LogP contribution in [0.4, 0.5) is 11.5 Å². The third kappa shape index (κ3) is 2.76. The minimum absolute atomic E-state index is 0.316. The van der Waals surface area contributed by atoms with E-state index < -0.39 is 0 Å². The van der Waals surface area contributed by atoms with E-state index in [0.29, 0.717) is 12.2 Å². The van der Waals surface area contributed by atoms with E-state index >= 15 is 0 Å². The number of hydrogen-bond donors (Lipinski definition) is 1. The molecule has 0 unspecified atom stereocenters. The molecule has 6 heteroatoms. The zero-order chi connectivity index (χ0) is 15.5. The highest BCUT2D eigenvalue weighted by Gasteiger charge is 2.06. The lowest BCUT2D eigenvalue weighted by molar-refractivity contribution is 0.0526. The highest BCUT2D eigenvalue weighted by molar-refractivity contribution is 5.90. The maximum Gasteiger partial charge on any atom is 0.338 e. The average Bonchev–Trinajstić information content (AvgIpc) is 2.89. The Morgan fingerprint density at radius 3 is 2.77 bits per heavy atom. The Labute approximate surface area is 127 Å². The number of nitrogens with one attached hydrogen (secondary N) is 1. The van der Waals surface area contributed by atoms with Gasteiger partial charge in [0.15, 0.2) is 0 Å². The molecule has 0 bridgehead atoms. The summed E-state index contributed by atoms with van der Waals surface area (Å²) in [6.07, 6.45) is 3.48. The summed E-state index contributed by atoms with van der Waals surface area (Å²) in [5, 5.41) is 3.21. The van der Waals surface area contributed by atoms with Crippen LogP contribution in [0.2, 0.25) is 0 Å². The van der Waals surface area contributed by atoms with Crippen LogP contribution in [0.5, 0.6) is 0 Å². The monoisotopic (exact) mass is 296 g/mol.